The number of hydrogen-bond acceptors (Lipinski definition) is 6. The first kappa shape index (κ1) is 13.3. The molecule has 2 aromatic heterocycles. The molecule has 2 aromatic rings. The van der Waals surface area contributed by atoms with Gasteiger partial charge in [0.2, 0.25) is 5.13 Å². The van der Waals surface area contributed by atoms with Crippen molar-refractivity contribution < 1.29 is 0 Å². The van der Waals surface area contributed by atoms with Gasteiger partial charge in [-0.1, -0.05) is 11.3 Å². The van der Waals surface area contributed by atoms with Crippen molar-refractivity contribution in [2.45, 2.75) is 9.37 Å². The predicted octanol–water partition coefficient (Wildman–Crippen LogP) is 3.68. The highest BCUT2D eigenvalue weighted by molar-refractivity contribution is 9.11. The van der Waals surface area contributed by atoms with Crippen molar-refractivity contribution in [3.63, 3.8) is 0 Å². The van der Waals surface area contributed by atoms with Gasteiger partial charge in [-0.25, -0.2) is 4.98 Å². The van der Waals surface area contributed by atoms with E-state index in [0.29, 0.717) is 0 Å². The van der Waals surface area contributed by atoms with Crippen LogP contribution in [0.5, 0.6) is 0 Å². The normalized spacial score (nSPS) is 10.6. The minimum Gasteiger partial charge on any atom is -0.353 e. The molecular formula is C9H8Br2N4S2. The molecule has 0 fully saturated rings. The van der Waals surface area contributed by atoms with Crippen molar-refractivity contribution in [3.05, 3.63) is 21.2 Å². The minimum atomic E-state index is 0.879. The quantitative estimate of drug-likeness (QED) is 0.792. The van der Waals surface area contributed by atoms with Gasteiger partial charge in [0, 0.05) is 24.8 Å². The van der Waals surface area contributed by atoms with Crippen molar-refractivity contribution in [2.75, 3.05) is 19.0 Å². The Kier molecular flexibility index (Phi) is 4.40. The molecule has 0 radical (unpaired) electrons. The lowest BCUT2D eigenvalue weighted by molar-refractivity contribution is 0.969. The average Bonchev–Trinajstić information content (AvgIpc) is 2.71. The van der Waals surface area contributed by atoms with E-state index in [1.54, 1.807) is 17.5 Å². The second-order valence-corrected chi connectivity index (χ2v) is 7.25. The average molecular weight is 396 g/mol. The summed E-state index contributed by atoms with van der Waals surface area (Å²) in [5.74, 6) is 0. The maximum atomic E-state index is 4.32. The van der Waals surface area contributed by atoms with Crippen LogP contribution >= 0.6 is 55.0 Å². The standard InChI is InChI=1S/C9H8Br2N4S2/c1-15(2)8-13-14-9(17-8)16-7-6(11)3-5(10)4-12-7/h3-4H,1-2H3. The first-order valence-electron chi connectivity index (χ1n) is 4.56. The zero-order valence-electron chi connectivity index (χ0n) is 9.02. The number of rotatable bonds is 3. The summed E-state index contributed by atoms with van der Waals surface area (Å²) < 4.78 is 2.77. The summed E-state index contributed by atoms with van der Waals surface area (Å²) in [6, 6.07) is 1.96. The topological polar surface area (TPSA) is 41.9 Å². The zero-order chi connectivity index (χ0) is 12.4. The monoisotopic (exact) mass is 394 g/mol. The minimum absolute atomic E-state index is 0.879. The number of halogens is 2. The molecule has 90 valence electrons. The summed E-state index contributed by atoms with van der Waals surface area (Å²) in [4.78, 5) is 6.26. The molecule has 2 heterocycles. The molecule has 0 aliphatic rings. The fourth-order valence-corrected chi connectivity index (χ4v) is 3.85. The fraction of sp³-hybridized carbons (Fsp3) is 0.222. The summed E-state index contributed by atoms with van der Waals surface area (Å²) >= 11 is 9.89. The highest BCUT2D eigenvalue weighted by atomic mass is 79.9. The second kappa shape index (κ2) is 5.64. The first-order valence-corrected chi connectivity index (χ1v) is 7.78. The molecule has 0 aliphatic heterocycles. The molecular weight excluding hydrogens is 388 g/mol. The molecule has 0 atom stereocenters. The zero-order valence-corrected chi connectivity index (χ0v) is 13.8. The van der Waals surface area contributed by atoms with Crippen LogP contribution in [-0.2, 0) is 0 Å². The van der Waals surface area contributed by atoms with Crippen LogP contribution in [0.2, 0.25) is 0 Å². The third-order valence-electron chi connectivity index (χ3n) is 1.74. The first-order chi connectivity index (χ1) is 8.06. The van der Waals surface area contributed by atoms with Crippen LogP contribution in [0.1, 0.15) is 0 Å². The van der Waals surface area contributed by atoms with Gasteiger partial charge in [-0.2, -0.15) is 0 Å². The second-order valence-electron chi connectivity index (χ2n) is 3.29. The summed E-state index contributed by atoms with van der Waals surface area (Å²) in [5, 5.41) is 9.97. The molecule has 0 N–H and O–H groups in total. The van der Waals surface area contributed by atoms with Gasteiger partial charge >= 0.3 is 0 Å². The summed E-state index contributed by atoms with van der Waals surface area (Å²) in [7, 11) is 3.89. The van der Waals surface area contributed by atoms with E-state index in [9.17, 15) is 0 Å². The van der Waals surface area contributed by atoms with Crippen LogP contribution in [0, 0.1) is 0 Å². The number of pyridine rings is 1. The molecule has 4 nitrogen and oxygen atoms in total. The van der Waals surface area contributed by atoms with E-state index in [1.165, 1.54) is 11.8 Å². The third kappa shape index (κ3) is 3.40. The Hall–Kier alpha value is -0.180. The van der Waals surface area contributed by atoms with Gasteiger partial charge in [-0.3, -0.25) is 0 Å². The molecule has 0 saturated heterocycles. The van der Waals surface area contributed by atoms with Crippen LogP contribution in [0.25, 0.3) is 0 Å². The molecule has 2 rings (SSSR count). The molecule has 0 saturated carbocycles. The maximum absolute atomic E-state index is 4.32. The third-order valence-corrected chi connectivity index (χ3v) is 5.20. The van der Waals surface area contributed by atoms with Crippen LogP contribution < -0.4 is 4.90 Å². The summed E-state index contributed by atoms with van der Waals surface area (Å²) in [6.07, 6.45) is 1.76. The Labute approximate surface area is 124 Å². The molecule has 17 heavy (non-hydrogen) atoms. The Morgan fingerprint density at radius 2 is 2.06 bits per heavy atom. The molecule has 0 unspecified atom stereocenters. The molecule has 0 spiro atoms. The lowest BCUT2D eigenvalue weighted by Gasteiger charge is -2.03. The summed E-state index contributed by atoms with van der Waals surface area (Å²) in [6.45, 7) is 0. The number of aromatic nitrogens is 3. The van der Waals surface area contributed by atoms with E-state index >= 15 is 0 Å². The Balaban J connectivity index is 2.19. The van der Waals surface area contributed by atoms with Crippen LogP contribution in [0.3, 0.4) is 0 Å². The van der Waals surface area contributed by atoms with Gasteiger partial charge in [-0.15, -0.1) is 10.2 Å². The van der Waals surface area contributed by atoms with E-state index in [4.69, 9.17) is 0 Å². The molecule has 0 amide bonds. The van der Waals surface area contributed by atoms with Gasteiger partial charge in [0.25, 0.3) is 0 Å². The number of hydrogen-bond donors (Lipinski definition) is 0. The molecule has 8 heteroatoms. The van der Waals surface area contributed by atoms with Crippen LogP contribution in [0.4, 0.5) is 5.13 Å². The van der Waals surface area contributed by atoms with E-state index in [2.05, 4.69) is 47.0 Å². The molecule has 0 aromatic carbocycles. The van der Waals surface area contributed by atoms with E-state index < -0.39 is 0 Å². The Morgan fingerprint density at radius 3 is 2.65 bits per heavy atom. The SMILES string of the molecule is CN(C)c1nnc(Sc2ncc(Br)cc2Br)s1. The van der Waals surface area contributed by atoms with Gasteiger partial charge in [0.1, 0.15) is 5.03 Å². The highest BCUT2D eigenvalue weighted by Gasteiger charge is 2.10. The molecule has 0 bridgehead atoms. The van der Waals surface area contributed by atoms with E-state index in [0.717, 1.165) is 23.4 Å². The van der Waals surface area contributed by atoms with Gasteiger partial charge in [0.05, 0.1) is 4.47 Å². The summed E-state index contributed by atoms with van der Waals surface area (Å²) in [5.41, 5.74) is 0. The Bertz CT molecular complexity index is 529. The van der Waals surface area contributed by atoms with E-state index in [-0.39, 0.29) is 0 Å². The van der Waals surface area contributed by atoms with Gasteiger partial charge in [-0.05, 0) is 49.7 Å². The van der Waals surface area contributed by atoms with Crippen molar-refractivity contribution in [1.29, 1.82) is 0 Å². The Morgan fingerprint density at radius 1 is 1.29 bits per heavy atom. The van der Waals surface area contributed by atoms with Crippen molar-refractivity contribution in [1.82, 2.24) is 15.2 Å². The van der Waals surface area contributed by atoms with Gasteiger partial charge in [0.15, 0.2) is 4.34 Å². The fourth-order valence-electron chi connectivity index (χ4n) is 0.984. The predicted molar refractivity (Wildman–Crippen MR) is 78.0 cm³/mol. The number of nitrogens with zero attached hydrogens (tertiary/aromatic N) is 4. The van der Waals surface area contributed by atoms with Crippen molar-refractivity contribution in [3.8, 4) is 0 Å². The van der Waals surface area contributed by atoms with Crippen LogP contribution in [0.15, 0.2) is 30.6 Å². The van der Waals surface area contributed by atoms with E-state index in [1.807, 2.05) is 25.1 Å². The van der Waals surface area contributed by atoms with Gasteiger partial charge < -0.3 is 4.90 Å². The smallest absolute Gasteiger partial charge is 0.208 e. The largest absolute Gasteiger partial charge is 0.353 e. The highest BCUT2D eigenvalue weighted by Crippen LogP contribution is 2.35. The lowest BCUT2D eigenvalue weighted by atomic mass is 10.5. The molecule has 0 aliphatic carbocycles. The maximum Gasteiger partial charge on any atom is 0.208 e. The number of anilines is 1. The lowest BCUT2D eigenvalue weighted by Crippen LogP contribution is -2.07. The van der Waals surface area contributed by atoms with Crippen LogP contribution in [-0.4, -0.2) is 29.3 Å². The van der Waals surface area contributed by atoms with Crippen molar-refractivity contribution in [2.24, 2.45) is 0 Å². The van der Waals surface area contributed by atoms with Crippen molar-refractivity contribution >= 4 is 60.1 Å².